The molecule has 0 aromatic heterocycles. The second kappa shape index (κ2) is 6.99. The molecule has 4 nitrogen and oxygen atoms in total. The van der Waals surface area contributed by atoms with Crippen LogP contribution in [0.2, 0.25) is 0 Å². The largest absolute Gasteiger partial charge is 0.301 e. The monoisotopic (exact) mass is 332 g/mol. The van der Waals surface area contributed by atoms with Gasteiger partial charge in [-0.05, 0) is 35.9 Å². The van der Waals surface area contributed by atoms with E-state index >= 15 is 0 Å². The molecule has 0 amide bonds. The van der Waals surface area contributed by atoms with Gasteiger partial charge >= 0.3 is 0 Å². The molecule has 0 N–H and O–H groups in total. The molecule has 5 heteroatoms. The summed E-state index contributed by atoms with van der Waals surface area (Å²) in [4.78, 5) is 2.76. The summed E-state index contributed by atoms with van der Waals surface area (Å²) in [6.45, 7) is 6.07. The Morgan fingerprint density at radius 3 is 2.35 bits per heavy atom. The number of benzene rings is 2. The van der Waals surface area contributed by atoms with Gasteiger partial charge in [0.1, 0.15) is 0 Å². The quantitative estimate of drug-likeness (QED) is 0.845. The fourth-order valence-electron chi connectivity index (χ4n) is 3.05. The highest BCUT2D eigenvalue weighted by Gasteiger charge is 2.28. The maximum absolute atomic E-state index is 12.9. The maximum atomic E-state index is 12.9. The maximum Gasteiger partial charge on any atom is 0.243 e. The Balaban J connectivity index is 1.76. The van der Waals surface area contributed by atoms with Gasteiger partial charge in [0.2, 0.25) is 10.0 Å². The lowest BCUT2D eigenvalue weighted by Crippen LogP contribution is -2.48. The number of hydrogen-bond acceptors (Lipinski definition) is 3. The smallest absolute Gasteiger partial charge is 0.243 e. The van der Waals surface area contributed by atoms with Crippen molar-refractivity contribution in [1.82, 2.24) is 9.21 Å². The molecule has 23 heavy (non-hydrogen) atoms. The van der Waals surface area contributed by atoms with Gasteiger partial charge in [-0.25, -0.2) is 8.42 Å². The minimum Gasteiger partial charge on any atom is -0.301 e. The fourth-order valence-corrected chi connectivity index (χ4v) is 4.51. The van der Waals surface area contributed by atoms with Crippen LogP contribution in [0.5, 0.6) is 0 Å². The third kappa shape index (κ3) is 3.57. The van der Waals surface area contributed by atoms with Crippen molar-refractivity contribution >= 4 is 20.8 Å². The summed E-state index contributed by atoms with van der Waals surface area (Å²) >= 11 is 0. The van der Waals surface area contributed by atoms with E-state index in [1.165, 1.54) is 12.8 Å². The van der Waals surface area contributed by atoms with Crippen molar-refractivity contribution in [2.75, 3.05) is 32.7 Å². The standard InChI is InChI=1S/C18H24N2O2S/c1-2-3-10-19-11-13-20(14-12-19)23(21,22)18-9-8-16-6-4-5-7-17(16)15-18/h4-9,15H,2-3,10-14H2,1H3. The third-order valence-corrected chi connectivity index (χ3v) is 6.41. The normalized spacial score (nSPS) is 17.6. The van der Waals surface area contributed by atoms with Crippen LogP contribution in [0.1, 0.15) is 19.8 Å². The molecular formula is C18H24N2O2S. The fraction of sp³-hybridized carbons (Fsp3) is 0.444. The molecule has 0 spiro atoms. The van der Waals surface area contributed by atoms with Gasteiger partial charge in [-0.1, -0.05) is 43.7 Å². The average molecular weight is 332 g/mol. The van der Waals surface area contributed by atoms with Crippen LogP contribution in [-0.2, 0) is 10.0 Å². The molecule has 0 unspecified atom stereocenters. The molecule has 1 aliphatic rings. The SMILES string of the molecule is CCCCN1CCN(S(=O)(=O)c2ccc3ccccc3c2)CC1. The first-order valence-corrected chi connectivity index (χ1v) is 9.76. The molecule has 3 rings (SSSR count). The van der Waals surface area contributed by atoms with Gasteiger partial charge in [0.15, 0.2) is 0 Å². The van der Waals surface area contributed by atoms with E-state index in [-0.39, 0.29) is 0 Å². The minimum atomic E-state index is -3.39. The number of nitrogens with zero attached hydrogens (tertiary/aromatic N) is 2. The molecule has 0 atom stereocenters. The summed E-state index contributed by atoms with van der Waals surface area (Å²) in [7, 11) is -3.39. The van der Waals surface area contributed by atoms with E-state index in [9.17, 15) is 8.42 Å². The zero-order valence-corrected chi connectivity index (χ0v) is 14.4. The van der Waals surface area contributed by atoms with Crippen LogP contribution in [0.3, 0.4) is 0 Å². The van der Waals surface area contributed by atoms with Crippen LogP contribution in [0.15, 0.2) is 47.4 Å². The Labute approximate surface area is 138 Å². The number of fused-ring (bicyclic) bond motifs is 1. The second-order valence-electron chi connectivity index (χ2n) is 6.11. The molecule has 2 aromatic rings. The van der Waals surface area contributed by atoms with E-state index in [4.69, 9.17) is 0 Å². The van der Waals surface area contributed by atoms with E-state index in [2.05, 4.69) is 11.8 Å². The Morgan fingerprint density at radius 1 is 0.957 bits per heavy atom. The highest BCUT2D eigenvalue weighted by Crippen LogP contribution is 2.22. The molecular weight excluding hydrogens is 308 g/mol. The van der Waals surface area contributed by atoms with E-state index in [1.54, 1.807) is 16.4 Å². The number of hydrogen-bond donors (Lipinski definition) is 0. The first kappa shape index (κ1) is 16.4. The second-order valence-corrected chi connectivity index (χ2v) is 8.05. The van der Waals surface area contributed by atoms with Crippen LogP contribution in [0.4, 0.5) is 0 Å². The highest BCUT2D eigenvalue weighted by atomic mass is 32.2. The average Bonchev–Trinajstić information content (AvgIpc) is 2.60. The van der Waals surface area contributed by atoms with Gasteiger partial charge in [-0.15, -0.1) is 0 Å². The summed E-state index contributed by atoms with van der Waals surface area (Å²) in [5.74, 6) is 0. The van der Waals surface area contributed by atoms with Gasteiger partial charge in [0.25, 0.3) is 0 Å². The topological polar surface area (TPSA) is 40.6 Å². The van der Waals surface area contributed by atoms with E-state index in [0.717, 1.165) is 30.4 Å². The number of sulfonamides is 1. The lowest BCUT2D eigenvalue weighted by atomic mass is 10.1. The molecule has 1 saturated heterocycles. The van der Waals surface area contributed by atoms with E-state index in [0.29, 0.717) is 18.0 Å². The molecule has 1 heterocycles. The summed E-state index contributed by atoms with van der Waals surface area (Å²) in [6, 6.07) is 13.3. The molecule has 2 aromatic carbocycles. The Morgan fingerprint density at radius 2 is 1.65 bits per heavy atom. The van der Waals surface area contributed by atoms with Crippen molar-refractivity contribution in [3.8, 4) is 0 Å². The molecule has 124 valence electrons. The van der Waals surface area contributed by atoms with Crippen molar-refractivity contribution in [3.05, 3.63) is 42.5 Å². The Hall–Kier alpha value is -1.43. The molecule has 0 saturated carbocycles. The van der Waals surface area contributed by atoms with Crippen LogP contribution in [0.25, 0.3) is 10.8 Å². The van der Waals surface area contributed by atoms with Crippen LogP contribution in [0, 0.1) is 0 Å². The summed E-state index contributed by atoms with van der Waals surface area (Å²) in [5, 5.41) is 2.03. The van der Waals surface area contributed by atoms with Crippen LogP contribution >= 0.6 is 0 Å². The number of unbranched alkanes of at least 4 members (excludes halogenated alkanes) is 1. The minimum absolute atomic E-state index is 0.401. The van der Waals surface area contributed by atoms with Gasteiger partial charge < -0.3 is 4.90 Å². The first-order valence-electron chi connectivity index (χ1n) is 8.32. The van der Waals surface area contributed by atoms with Crippen molar-refractivity contribution in [2.45, 2.75) is 24.7 Å². The third-order valence-electron chi connectivity index (χ3n) is 4.52. The molecule has 0 aliphatic carbocycles. The summed E-state index contributed by atoms with van der Waals surface area (Å²) in [5.41, 5.74) is 0. The van der Waals surface area contributed by atoms with Gasteiger partial charge in [0, 0.05) is 26.2 Å². The Kier molecular flexibility index (Phi) is 4.99. The number of rotatable bonds is 5. The van der Waals surface area contributed by atoms with Crippen LogP contribution in [-0.4, -0.2) is 50.3 Å². The van der Waals surface area contributed by atoms with Gasteiger partial charge in [-0.2, -0.15) is 4.31 Å². The summed E-state index contributed by atoms with van der Waals surface area (Å²) in [6.07, 6.45) is 2.35. The molecule has 1 aliphatic heterocycles. The van der Waals surface area contributed by atoms with Crippen molar-refractivity contribution in [2.24, 2.45) is 0 Å². The lowest BCUT2D eigenvalue weighted by Gasteiger charge is -2.33. The molecule has 1 fully saturated rings. The van der Waals surface area contributed by atoms with Crippen molar-refractivity contribution in [1.29, 1.82) is 0 Å². The Bertz CT molecular complexity index is 765. The number of piperazine rings is 1. The van der Waals surface area contributed by atoms with Crippen LogP contribution < -0.4 is 0 Å². The molecule has 0 bridgehead atoms. The molecule has 0 radical (unpaired) electrons. The predicted molar refractivity (Wildman–Crippen MR) is 94.1 cm³/mol. The van der Waals surface area contributed by atoms with Crippen molar-refractivity contribution in [3.63, 3.8) is 0 Å². The summed E-state index contributed by atoms with van der Waals surface area (Å²) < 4.78 is 27.3. The highest BCUT2D eigenvalue weighted by molar-refractivity contribution is 7.89. The zero-order valence-electron chi connectivity index (χ0n) is 13.6. The van der Waals surface area contributed by atoms with Crippen molar-refractivity contribution < 1.29 is 8.42 Å². The first-order chi connectivity index (χ1) is 11.1. The van der Waals surface area contributed by atoms with Gasteiger partial charge in [-0.3, -0.25) is 0 Å². The van der Waals surface area contributed by atoms with E-state index < -0.39 is 10.0 Å². The zero-order chi connectivity index (χ0) is 16.3. The van der Waals surface area contributed by atoms with Gasteiger partial charge in [0.05, 0.1) is 4.90 Å². The predicted octanol–water partition coefficient (Wildman–Crippen LogP) is 2.95. The van der Waals surface area contributed by atoms with E-state index in [1.807, 2.05) is 30.3 Å². The lowest BCUT2D eigenvalue weighted by molar-refractivity contribution is 0.186.